The van der Waals surface area contributed by atoms with E-state index in [2.05, 4.69) is 72.1 Å². The van der Waals surface area contributed by atoms with Crippen LogP contribution in [-0.4, -0.2) is 15.0 Å². The SMILES string of the molecule is Cc1ccc(C(C)(C)c2ccc(OCc3ccnc(-c4ncco4)n3)cc2)cc1. The van der Waals surface area contributed by atoms with Crippen LogP contribution in [0.15, 0.2) is 77.7 Å². The normalized spacial score (nSPS) is 11.4. The molecule has 4 rings (SSSR count). The first-order chi connectivity index (χ1) is 14.0. The number of hydrogen-bond acceptors (Lipinski definition) is 5. The third-order valence-electron chi connectivity index (χ3n) is 5.07. The Morgan fingerprint density at radius 1 is 0.862 bits per heavy atom. The zero-order chi connectivity index (χ0) is 20.3. The molecule has 2 heterocycles. The van der Waals surface area contributed by atoms with Gasteiger partial charge in [-0.15, -0.1) is 0 Å². The lowest BCUT2D eigenvalue weighted by Gasteiger charge is -2.26. The molecule has 0 saturated heterocycles. The van der Waals surface area contributed by atoms with E-state index in [1.807, 2.05) is 18.2 Å². The molecule has 2 aromatic heterocycles. The summed E-state index contributed by atoms with van der Waals surface area (Å²) < 4.78 is 11.2. The molecule has 5 heteroatoms. The van der Waals surface area contributed by atoms with Crippen LogP contribution in [0, 0.1) is 6.92 Å². The fraction of sp³-hybridized carbons (Fsp3) is 0.208. The van der Waals surface area contributed by atoms with Crippen LogP contribution in [0.1, 0.15) is 36.2 Å². The Hall–Kier alpha value is -3.47. The quantitative estimate of drug-likeness (QED) is 0.448. The van der Waals surface area contributed by atoms with Crippen molar-refractivity contribution < 1.29 is 9.15 Å². The minimum atomic E-state index is -0.0795. The standard InChI is InChI=1S/C24H23N3O2/c1-17-4-6-18(7-5-17)24(2,3)19-8-10-21(11-9-19)29-16-20-12-13-25-22(27-20)23-26-14-15-28-23/h4-15H,16H2,1-3H3. The lowest BCUT2D eigenvalue weighted by atomic mass is 9.78. The summed E-state index contributed by atoms with van der Waals surface area (Å²) >= 11 is 0. The molecule has 0 aliphatic heterocycles. The Balaban J connectivity index is 1.45. The van der Waals surface area contributed by atoms with Gasteiger partial charge in [-0.3, -0.25) is 0 Å². The predicted molar refractivity (Wildman–Crippen MR) is 112 cm³/mol. The van der Waals surface area contributed by atoms with Gasteiger partial charge in [-0.05, 0) is 36.2 Å². The molecule has 0 atom stereocenters. The molecule has 0 amide bonds. The molecule has 4 aromatic rings. The number of nitrogens with zero attached hydrogens (tertiary/aromatic N) is 3. The molecule has 2 aromatic carbocycles. The molecular formula is C24H23N3O2. The molecule has 146 valence electrons. The van der Waals surface area contributed by atoms with Crippen molar-refractivity contribution in [3.8, 4) is 17.5 Å². The average Bonchev–Trinajstić information content (AvgIpc) is 3.28. The van der Waals surface area contributed by atoms with Gasteiger partial charge in [0.25, 0.3) is 5.89 Å². The van der Waals surface area contributed by atoms with Gasteiger partial charge in [0.2, 0.25) is 5.82 Å². The van der Waals surface area contributed by atoms with Gasteiger partial charge in [0.15, 0.2) is 0 Å². The van der Waals surface area contributed by atoms with E-state index in [-0.39, 0.29) is 5.41 Å². The summed E-state index contributed by atoms with van der Waals surface area (Å²) in [4.78, 5) is 12.7. The second kappa shape index (κ2) is 7.87. The number of benzene rings is 2. The van der Waals surface area contributed by atoms with Crippen molar-refractivity contribution in [2.24, 2.45) is 0 Å². The fourth-order valence-corrected chi connectivity index (χ4v) is 3.18. The van der Waals surface area contributed by atoms with Crippen LogP contribution in [0.2, 0.25) is 0 Å². The van der Waals surface area contributed by atoms with E-state index in [9.17, 15) is 0 Å². The zero-order valence-corrected chi connectivity index (χ0v) is 16.8. The highest BCUT2D eigenvalue weighted by molar-refractivity contribution is 5.41. The Morgan fingerprint density at radius 3 is 2.21 bits per heavy atom. The van der Waals surface area contributed by atoms with Crippen LogP contribution in [0.5, 0.6) is 5.75 Å². The topological polar surface area (TPSA) is 61.0 Å². The average molecular weight is 385 g/mol. The van der Waals surface area contributed by atoms with Crippen molar-refractivity contribution in [3.63, 3.8) is 0 Å². The van der Waals surface area contributed by atoms with Crippen LogP contribution in [0.25, 0.3) is 11.7 Å². The van der Waals surface area contributed by atoms with Crippen molar-refractivity contribution in [2.45, 2.75) is 32.8 Å². The Morgan fingerprint density at radius 2 is 1.55 bits per heavy atom. The van der Waals surface area contributed by atoms with Crippen molar-refractivity contribution >= 4 is 0 Å². The van der Waals surface area contributed by atoms with E-state index in [1.165, 1.54) is 23.0 Å². The predicted octanol–water partition coefficient (Wildman–Crippen LogP) is 5.34. The van der Waals surface area contributed by atoms with Gasteiger partial charge in [0.1, 0.15) is 18.6 Å². The fourth-order valence-electron chi connectivity index (χ4n) is 3.18. The third kappa shape index (κ3) is 4.19. The summed E-state index contributed by atoms with van der Waals surface area (Å²) in [6, 6.07) is 18.8. The molecule has 0 unspecified atom stereocenters. The highest BCUT2D eigenvalue weighted by Gasteiger charge is 2.22. The molecule has 0 saturated carbocycles. The number of rotatable bonds is 6. The van der Waals surface area contributed by atoms with Gasteiger partial charge in [-0.2, -0.15) is 0 Å². The summed E-state index contributed by atoms with van der Waals surface area (Å²) in [5.41, 5.74) is 4.48. The monoisotopic (exact) mass is 385 g/mol. The molecule has 0 radical (unpaired) electrons. The smallest absolute Gasteiger partial charge is 0.264 e. The van der Waals surface area contributed by atoms with Crippen LogP contribution in [-0.2, 0) is 12.0 Å². The number of aromatic nitrogens is 3. The van der Waals surface area contributed by atoms with Crippen LogP contribution in [0.3, 0.4) is 0 Å². The number of oxazole rings is 1. The van der Waals surface area contributed by atoms with E-state index in [4.69, 9.17) is 9.15 Å². The Bertz CT molecular complexity index is 1070. The second-order valence-electron chi connectivity index (χ2n) is 7.51. The summed E-state index contributed by atoms with van der Waals surface area (Å²) in [6.07, 6.45) is 4.75. The highest BCUT2D eigenvalue weighted by Crippen LogP contribution is 2.32. The number of aryl methyl sites for hydroxylation is 1. The highest BCUT2D eigenvalue weighted by atomic mass is 16.5. The van der Waals surface area contributed by atoms with Crippen LogP contribution >= 0.6 is 0 Å². The van der Waals surface area contributed by atoms with E-state index >= 15 is 0 Å². The second-order valence-corrected chi connectivity index (χ2v) is 7.51. The van der Waals surface area contributed by atoms with Gasteiger partial charge in [0.05, 0.1) is 11.9 Å². The molecule has 29 heavy (non-hydrogen) atoms. The van der Waals surface area contributed by atoms with Gasteiger partial charge >= 0.3 is 0 Å². The van der Waals surface area contributed by atoms with Crippen molar-refractivity contribution in [1.82, 2.24) is 15.0 Å². The maximum Gasteiger partial charge on any atom is 0.264 e. The first-order valence-corrected chi connectivity index (χ1v) is 9.55. The molecule has 0 aliphatic carbocycles. The molecule has 0 fully saturated rings. The van der Waals surface area contributed by atoms with Crippen LogP contribution in [0.4, 0.5) is 0 Å². The third-order valence-corrected chi connectivity index (χ3v) is 5.07. The molecule has 0 bridgehead atoms. The van der Waals surface area contributed by atoms with E-state index < -0.39 is 0 Å². The lowest BCUT2D eigenvalue weighted by Crippen LogP contribution is -2.18. The Kier molecular flexibility index (Phi) is 5.12. The number of ether oxygens (including phenoxy) is 1. The summed E-state index contributed by atoms with van der Waals surface area (Å²) in [5, 5.41) is 0. The van der Waals surface area contributed by atoms with E-state index in [0.717, 1.165) is 11.4 Å². The number of hydrogen-bond donors (Lipinski definition) is 0. The summed E-state index contributed by atoms with van der Waals surface area (Å²) in [5.74, 6) is 1.64. The summed E-state index contributed by atoms with van der Waals surface area (Å²) in [6.45, 7) is 6.92. The van der Waals surface area contributed by atoms with Gasteiger partial charge in [0, 0.05) is 11.6 Å². The van der Waals surface area contributed by atoms with Gasteiger partial charge in [-0.1, -0.05) is 55.8 Å². The first kappa shape index (κ1) is 18.9. The van der Waals surface area contributed by atoms with Crippen LogP contribution < -0.4 is 4.74 Å². The summed E-state index contributed by atoms with van der Waals surface area (Å²) in [7, 11) is 0. The van der Waals surface area contributed by atoms with E-state index in [0.29, 0.717) is 18.3 Å². The lowest BCUT2D eigenvalue weighted by molar-refractivity contribution is 0.301. The molecule has 0 spiro atoms. The Labute approximate surface area is 170 Å². The van der Waals surface area contributed by atoms with Crippen molar-refractivity contribution in [3.05, 3.63) is 95.6 Å². The molecule has 0 N–H and O–H groups in total. The molecule has 0 aliphatic rings. The minimum Gasteiger partial charge on any atom is -0.487 e. The van der Waals surface area contributed by atoms with Gasteiger partial charge in [-0.25, -0.2) is 15.0 Å². The first-order valence-electron chi connectivity index (χ1n) is 9.55. The van der Waals surface area contributed by atoms with Crippen molar-refractivity contribution in [2.75, 3.05) is 0 Å². The largest absolute Gasteiger partial charge is 0.487 e. The molecular weight excluding hydrogens is 362 g/mol. The minimum absolute atomic E-state index is 0.0795. The maximum atomic E-state index is 5.91. The zero-order valence-electron chi connectivity index (χ0n) is 16.8. The van der Waals surface area contributed by atoms with E-state index in [1.54, 1.807) is 12.4 Å². The maximum absolute atomic E-state index is 5.91. The van der Waals surface area contributed by atoms with Gasteiger partial charge < -0.3 is 9.15 Å². The van der Waals surface area contributed by atoms with Crippen molar-refractivity contribution in [1.29, 1.82) is 0 Å². The molecule has 5 nitrogen and oxygen atoms in total.